The van der Waals surface area contributed by atoms with Crippen LogP contribution in [0.4, 0.5) is 0 Å². The molecule has 1 aromatic heterocycles. The third-order valence-corrected chi connectivity index (χ3v) is 1.87. The zero-order valence-corrected chi connectivity index (χ0v) is 8.81. The number of nitrogens with zero attached hydrogens (tertiary/aromatic N) is 1. The second kappa shape index (κ2) is 5.80. The summed E-state index contributed by atoms with van der Waals surface area (Å²) in [5, 5.41) is 8.96. The average Bonchev–Trinajstić information content (AvgIpc) is 2.08. The molecule has 0 saturated carbocycles. The molecule has 0 radical (unpaired) electrons. The lowest BCUT2D eigenvalue weighted by atomic mass is 10.2. The zero-order chi connectivity index (χ0) is 9.84. The Labute approximate surface area is 92.5 Å². The molecule has 0 spiro atoms. The van der Waals surface area contributed by atoms with Gasteiger partial charge in [-0.3, -0.25) is 4.98 Å². The first kappa shape index (κ1) is 13.2. The summed E-state index contributed by atoms with van der Waals surface area (Å²) in [6.07, 6.45) is 1.83. The average molecular weight is 237 g/mol. The summed E-state index contributed by atoms with van der Waals surface area (Å²) in [5.41, 5.74) is 6.03. The molecule has 1 rings (SSSR count). The predicted molar refractivity (Wildman–Crippen MR) is 56.2 cm³/mol. The van der Waals surface area contributed by atoms with Crippen molar-refractivity contribution in [1.29, 1.82) is 0 Å². The van der Waals surface area contributed by atoms with Gasteiger partial charge in [-0.15, -0.1) is 12.4 Å². The molecule has 0 unspecified atom stereocenters. The van der Waals surface area contributed by atoms with Crippen LogP contribution in [0, 0.1) is 0 Å². The number of rotatable bonds is 3. The van der Waals surface area contributed by atoms with Crippen molar-refractivity contribution in [2.45, 2.75) is 6.42 Å². The molecule has 1 aromatic rings. The van der Waals surface area contributed by atoms with E-state index in [-0.39, 0.29) is 18.0 Å². The van der Waals surface area contributed by atoms with Crippen LogP contribution in [0.1, 0.15) is 16.1 Å². The molecule has 14 heavy (non-hydrogen) atoms. The first-order chi connectivity index (χ1) is 6.15. The Balaban J connectivity index is 0.00000169. The summed E-state index contributed by atoms with van der Waals surface area (Å²) >= 11 is 5.77. The van der Waals surface area contributed by atoms with Crippen LogP contribution in [0.5, 0.6) is 0 Å². The van der Waals surface area contributed by atoms with E-state index in [1.54, 1.807) is 0 Å². The SMILES string of the molecule is Cl.NCCc1ncc(C(=O)O)cc1Cl. The minimum Gasteiger partial charge on any atom is -0.478 e. The van der Waals surface area contributed by atoms with Gasteiger partial charge in [0.2, 0.25) is 0 Å². The van der Waals surface area contributed by atoms with Crippen molar-refractivity contribution in [2.24, 2.45) is 5.73 Å². The van der Waals surface area contributed by atoms with Gasteiger partial charge in [0.05, 0.1) is 16.3 Å². The van der Waals surface area contributed by atoms with Crippen LogP contribution >= 0.6 is 24.0 Å². The highest BCUT2D eigenvalue weighted by molar-refractivity contribution is 6.31. The number of aromatic nitrogens is 1. The third kappa shape index (κ3) is 3.14. The minimum atomic E-state index is -1.03. The van der Waals surface area contributed by atoms with Crippen molar-refractivity contribution in [1.82, 2.24) is 4.98 Å². The lowest BCUT2D eigenvalue weighted by Crippen LogP contribution is -2.06. The molecule has 1 heterocycles. The van der Waals surface area contributed by atoms with Gasteiger partial charge in [0.15, 0.2) is 0 Å². The van der Waals surface area contributed by atoms with E-state index < -0.39 is 5.97 Å². The van der Waals surface area contributed by atoms with Crippen molar-refractivity contribution in [3.63, 3.8) is 0 Å². The standard InChI is InChI=1S/C8H9ClN2O2.ClH/c9-6-3-5(8(12)13)4-11-7(6)1-2-10;/h3-4H,1-2,10H2,(H,12,13);1H. The number of pyridine rings is 1. The van der Waals surface area contributed by atoms with Crippen LogP contribution in [0.15, 0.2) is 12.3 Å². The van der Waals surface area contributed by atoms with Crippen LogP contribution in [0.3, 0.4) is 0 Å². The van der Waals surface area contributed by atoms with Gasteiger partial charge < -0.3 is 10.8 Å². The summed E-state index contributed by atoms with van der Waals surface area (Å²) < 4.78 is 0. The fourth-order valence-electron chi connectivity index (χ4n) is 0.904. The Morgan fingerprint density at radius 1 is 1.64 bits per heavy atom. The molecule has 6 heteroatoms. The highest BCUT2D eigenvalue weighted by Crippen LogP contribution is 2.15. The number of halogens is 2. The van der Waals surface area contributed by atoms with E-state index in [0.29, 0.717) is 23.7 Å². The molecule has 0 aromatic carbocycles. The second-order valence-electron chi connectivity index (χ2n) is 2.50. The summed E-state index contributed by atoms with van der Waals surface area (Å²) in [6, 6.07) is 1.38. The minimum absolute atomic E-state index is 0. The summed E-state index contributed by atoms with van der Waals surface area (Å²) in [6.45, 7) is 0.444. The van der Waals surface area contributed by atoms with Crippen molar-refractivity contribution >= 4 is 30.0 Å². The van der Waals surface area contributed by atoms with E-state index in [1.807, 2.05) is 0 Å². The summed E-state index contributed by atoms with van der Waals surface area (Å²) in [4.78, 5) is 14.4. The molecule has 3 N–H and O–H groups in total. The molecule has 0 aliphatic carbocycles. The molecule has 0 bridgehead atoms. The van der Waals surface area contributed by atoms with E-state index in [2.05, 4.69) is 4.98 Å². The van der Waals surface area contributed by atoms with E-state index in [9.17, 15) is 4.79 Å². The zero-order valence-electron chi connectivity index (χ0n) is 7.24. The van der Waals surface area contributed by atoms with Crippen LogP contribution in [0.25, 0.3) is 0 Å². The highest BCUT2D eigenvalue weighted by Gasteiger charge is 2.07. The quantitative estimate of drug-likeness (QED) is 0.831. The number of carboxylic acids is 1. The van der Waals surface area contributed by atoms with Crippen LogP contribution in [-0.2, 0) is 6.42 Å². The van der Waals surface area contributed by atoms with Gasteiger partial charge in [-0.2, -0.15) is 0 Å². The van der Waals surface area contributed by atoms with Crippen molar-refractivity contribution in [2.75, 3.05) is 6.54 Å². The largest absolute Gasteiger partial charge is 0.478 e. The Bertz CT molecular complexity index is 331. The number of carboxylic acid groups (broad SMARTS) is 1. The Kier molecular flexibility index (Phi) is 5.45. The van der Waals surface area contributed by atoms with Gasteiger partial charge >= 0.3 is 5.97 Å². The fourth-order valence-corrected chi connectivity index (χ4v) is 1.16. The van der Waals surface area contributed by atoms with Crippen molar-refractivity contribution < 1.29 is 9.90 Å². The number of hydrogen-bond donors (Lipinski definition) is 2. The number of carbonyl (C=O) groups is 1. The van der Waals surface area contributed by atoms with Gasteiger partial charge in [-0.25, -0.2) is 4.79 Å². The highest BCUT2D eigenvalue weighted by atomic mass is 35.5. The van der Waals surface area contributed by atoms with Crippen molar-refractivity contribution in [3.8, 4) is 0 Å². The van der Waals surface area contributed by atoms with E-state index in [1.165, 1.54) is 12.3 Å². The molecule has 0 fully saturated rings. The third-order valence-electron chi connectivity index (χ3n) is 1.55. The maximum atomic E-state index is 10.5. The van der Waals surface area contributed by atoms with Gasteiger partial charge in [0.1, 0.15) is 0 Å². The normalized spacial score (nSPS) is 9.29. The molecular formula is C8H10Cl2N2O2. The van der Waals surface area contributed by atoms with E-state index in [4.69, 9.17) is 22.4 Å². The fraction of sp³-hybridized carbons (Fsp3) is 0.250. The first-order valence-corrected chi connectivity index (χ1v) is 4.10. The monoisotopic (exact) mass is 236 g/mol. The van der Waals surface area contributed by atoms with Gasteiger partial charge in [-0.05, 0) is 12.6 Å². The molecule has 78 valence electrons. The van der Waals surface area contributed by atoms with Crippen LogP contribution in [0.2, 0.25) is 5.02 Å². The number of nitrogens with two attached hydrogens (primary N) is 1. The molecule has 0 aliphatic heterocycles. The lowest BCUT2D eigenvalue weighted by molar-refractivity contribution is 0.0696. The second-order valence-corrected chi connectivity index (χ2v) is 2.90. The maximum Gasteiger partial charge on any atom is 0.337 e. The Morgan fingerprint density at radius 3 is 2.71 bits per heavy atom. The number of hydrogen-bond acceptors (Lipinski definition) is 3. The molecular weight excluding hydrogens is 227 g/mol. The molecule has 0 amide bonds. The summed E-state index contributed by atoms with van der Waals surface area (Å²) in [7, 11) is 0. The van der Waals surface area contributed by atoms with Crippen LogP contribution in [-0.4, -0.2) is 22.6 Å². The number of aromatic carboxylic acids is 1. The van der Waals surface area contributed by atoms with Crippen molar-refractivity contribution in [3.05, 3.63) is 28.5 Å². The van der Waals surface area contributed by atoms with Gasteiger partial charge in [-0.1, -0.05) is 11.6 Å². The Morgan fingerprint density at radius 2 is 2.29 bits per heavy atom. The molecule has 4 nitrogen and oxygen atoms in total. The molecule has 0 aliphatic rings. The van der Waals surface area contributed by atoms with Gasteiger partial charge in [0, 0.05) is 12.6 Å². The summed E-state index contributed by atoms with van der Waals surface area (Å²) in [5.74, 6) is -1.03. The van der Waals surface area contributed by atoms with Crippen LogP contribution < -0.4 is 5.73 Å². The lowest BCUT2D eigenvalue weighted by Gasteiger charge is -2.01. The predicted octanol–water partition coefficient (Wildman–Crippen LogP) is 1.36. The van der Waals surface area contributed by atoms with E-state index in [0.717, 1.165) is 0 Å². The smallest absolute Gasteiger partial charge is 0.337 e. The van der Waals surface area contributed by atoms with Gasteiger partial charge in [0.25, 0.3) is 0 Å². The Hall–Kier alpha value is -0.840. The molecule has 0 atom stereocenters. The maximum absolute atomic E-state index is 10.5. The first-order valence-electron chi connectivity index (χ1n) is 3.73. The molecule has 0 saturated heterocycles. The van der Waals surface area contributed by atoms with E-state index >= 15 is 0 Å². The topological polar surface area (TPSA) is 76.2 Å².